The fourth-order valence-electron chi connectivity index (χ4n) is 2.41. The minimum absolute atomic E-state index is 0.236. The molecule has 102 valence electrons. The van der Waals surface area contributed by atoms with Crippen LogP contribution < -0.4 is 14.2 Å². The number of esters is 1. The molecule has 0 atom stereocenters. The summed E-state index contributed by atoms with van der Waals surface area (Å²) in [5.41, 5.74) is -0.416. The van der Waals surface area contributed by atoms with Gasteiger partial charge >= 0.3 is 5.97 Å². The van der Waals surface area contributed by atoms with Crippen molar-refractivity contribution in [3.8, 4) is 17.2 Å². The van der Waals surface area contributed by atoms with E-state index < -0.39 is 5.60 Å². The number of benzene rings is 1. The second kappa shape index (κ2) is 4.64. The second-order valence-corrected chi connectivity index (χ2v) is 4.91. The molecule has 0 N–H and O–H groups in total. The van der Waals surface area contributed by atoms with Crippen LogP contribution in [0.4, 0.5) is 0 Å². The lowest BCUT2D eigenvalue weighted by atomic mass is 9.77. The molecule has 3 rings (SSSR count). The molecule has 19 heavy (non-hydrogen) atoms. The predicted octanol–water partition coefficient (Wildman–Crippen LogP) is 2.28. The van der Waals surface area contributed by atoms with Crippen molar-refractivity contribution in [3.63, 3.8) is 0 Å². The average Bonchev–Trinajstić information content (AvgIpc) is 2.83. The lowest BCUT2D eigenvalue weighted by Gasteiger charge is -2.41. The van der Waals surface area contributed by atoms with Crippen LogP contribution in [0.15, 0.2) is 18.2 Å². The third-order valence-electron chi connectivity index (χ3n) is 3.64. The van der Waals surface area contributed by atoms with Crippen LogP contribution in [-0.4, -0.2) is 25.5 Å². The molecule has 1 aromatic rings. The Bertz CT molecular complexity index is 493. The van der Waals surface area contributed by atoms with Crippen LogP contribution in [0.25, 0.3) is 0 Å². The SMILES string of the molecule is COC(=O)CC1(Oc2ccc3c(c2)OCO3)CCC1. The smallest absolute Gasteiger partial charge is 0.309 e. The van der Waals surface area contributed by atoms with Crippen LogP contribution in [0.5, 0.6) is 17.2 Å². The number of carbonyl (C=O) groups excluding carboxylic acids is 1. The quantitative estimate of drug-likeness (QED) is 0.781. The van der Waals surface area contributed by atoms with Gasteiger partial charge in [0, 0.05) is 6.07 Å². The maximum atomic E-state index is 11.5. The van der Waals surface area contributed by atoms with Crippen molar-refractivity contribution in [2.24, 2.45) is 0 Å². The van der Waals surface area contributed by atoms with Gasteiger partial charge in [-0.05, 0) is 31.4 Å². The zero-order chi connectivity index (χ0) is 13.3. The zero-order valence-electron chi connectivity index (χ0n) is 10.8. The van der Waals surface area contributed by atoms with Gasteiger partial charge in [-0.2, -0.15) is 0 Å². The molecule has 2 aliphatic rings. The molecule has 1 fully saturated rings. The van der Waals surface area contributed by atoms with E-state index in [4.69, 9.17) is 18.9 Å². The molecular weight excluding hydrogens is 248 g/mol. The minimum Gasteiger partial charge on any atom is -0.487 e. The van der Waals surface area contributed by atoms with Crippen LogP contribution >= 0.6 is 0 Å². The molecule has 1 aliphatic carbocycles. The Morgan fingerprint density at radius 1 is 1.32 bits per heavy atom. The summed E-state index contributed by atoms with van der Waals surface area (Å²) in [5.74, 6) is 1.88. The van der Waals surface area contributed by atoms with Gasteiger partial charge in [-0.3, -0.25) is 4.79 Å². The van der Waals surface area contributed by atoms with E-state index in [1.807, 2.05) is 12.1 Å². The molecule has 1 aliphatic heterocycles. The van der Waals surface area contributed by atoms with Gasteiger partial charge in [0.1, 0.15) is 11.4 Å². The molecule has 0 amide bonds. The van der Waals surface area contributed by atoms with Crippen LogP contribution in [0, 0.1) is 0 Å². The highest BCUT2D eigenvalue weighted by Crippen LogP contribution is 2.42. The number of hydrogen-bond donors (Lipinski definition) is 0. The Kier molecular flexibility index (Phi) is 2.97. The molecule has 1 heterocycles. The van der Waals surface area contributed by atoms with E-state index in [9.17, 15) is 4.79 Å². The van der Waals surface area contributed by atoms with Gasteiger partial charge in [0.2, 0.25) is 6.79 Å². The normalized spacial score (nSPS) is 18.6. The van der Waals surface area contributed by atoms with Crippen molar-refractivity contribution in [2.75, 3.05) is 13.9 Å². The molecule has 0 aromatic heterocycles. The summed E-state index contributed by atoms with van der Waals surface area (Å²) >= 11 is 0. The first-order valence-corrected chi connectivity index (χ1v) is 6.36. The van der Waals surface area contributed by atoms with E-state index in [2.05, 4.69) is 0 Å². The highest BCUT2D eigenvalue weighted by Gasteiger charge is 2.42. The van der Waals surface area contributed by atoms with E-state index in [1.165, 1.54) is 7.11 Å². The Hall–Kier alpha value is -1.91. The lowest BCUT2D eigenvalue weighted by Crippen LogP contribution is -2.45. The van der Waals surface area contributed by atoms with Gasteiger partial charge in [0.25, 0.3) is 0 Å². The van der Waals surface area contributed by atoms with Crippen molar-refractivity contribution in [1.82, 2.24) is 0 Å². The average molecular weight is 264 g/mol. The van der Waals surface area contributed by atoms with Crippen molar-refractivity contribution >= 4 is 5.97 Å². The second-order valence-electron chi connectivity index (χ2n) is 4.91. The molecule has 5 heteroatoms. The van der Waals surface area contributed by atoms with Crippen LogP contribution in [0.1, 0.15) is 25.7 Å². The summed E-state index contributed by atoms with van der Waals surface area (Å²) in [4.78, 5) is 11.5. The van der Waals surface area contributed by atoms with Crippen molar-refractivity contribution < 1.29 is 23.7 Å². The molecule has 0 spiro atoms. The third-order valence-corrected chi connectivity index (χ3v) is 3.64. The van der Waals surface area contributed by atoms with E-state index in [1.54, 1.807) is 6.07 Å². The minimum atomic E-state index is -0.416. The zero-order valence-corrected chi connectivity index (χ0v) is 10.8. The molecule has 1 saturated carbocycles. The summed E-state index contributed by atoms with van der Waals surface area (Å²) < 4.78 is 21.3. The Morgan fingerprint density at radius 3 is 2.79 bits per heavy atom. The maximum Gasteiger partial charge on any atom is 0.309 e. The summed E-state index contributed by atoms with van der Waals surface area (Å²) in [7, 11) is 1.40. The molecule has 0 unspecified atom stereocenters. The fraction of sp³-hybridized carbons (Fsp3) is 0.500. The summed E-state index contributed by atoms with van der Waals surface area (Å²) in [6, 6.07) is 5.46. The third kappa shape index (κ3) is 2.32. The molecule has 0 bridgehead atoms. The van der Waals surface area contributed by atoms with Gasteiger partial charge in [-0.15, -0.1) is 0 Å². The first-order valence-electron chi connectivity index (χ1n) is 6.36. The topological polar surface area (TPSA) is 54.0 Å². The van der Waals surface area contributed by atoms with Crippen LogP contribution in [-0.2, 0) is 9.53 Å². The molecule has 5 nitrogen and oxygen atoms in total. The lowest BCUT2D eigenvalue weighted by molar-refractivity contribution is -0.148. The van der Waals surface area contributed by atoms with Gasteiger partial charge < -0.3 is 18.9 Å². The summed E-state index contributed by atoms with van der Waals surface area (Å²) in [6.45, 7) is 0.242. The molecular formula is C14H16O5. The van der Waals surface area contributed by atoms with E-state index in [0.717, 1.165) is 25.0 Å². The molecule has 1 aromatic carbocycles. The molecule has 0 radical (unpaired) electrons. The van der Waals surface area contributed by atoms with Gasteiger partial charge in [-0.25, -0.2) is 0 Å². The predicted molar refractivity (Wildman–Crippen MR) is 66.4 cm³/mol. The number of fused-ring (bicyclic) bond motifs is 1. The number of hydrogen-bond acceptors (Lipinski definition) is 5. The fourth-order valence-corrected chi connectivity index (χ4v) is 2.41. The Morgan fingerprint density at radius 2 is 2.11 bits per heavy atom. The summed E-state index contributed by atoms with van der Waals surface area (Å²) in [6.07, 6.45) is 3.10. The largest absolute Gasteiger partial charge is 0.487 e. The van der Waals surface area contributed by atoms with Gasteiger partial charge in [-0.1, -0.05) is 0 Å². The number of rotatable bonds is 4. The first-order chi connectivity index (χ1) is 9.21. The standard InChI is InChI=1S/C14H16O5/c1-16-13(15)8-14(5-2-6-14)19-10-3-4-11-12(7-10)18-9-17-11/h3-4,7H,2,5-6,8-9H2,1H3. The Labute approximate surface area is 111 Å². The first kappa shape index (κ1) is 12.1. The number of carbonyl (C=O) groups is 1. The Balaban J connectivity index is 1.74. The molecule has 0 saturated heterocycles. The maximum absolute atomic E-state index is 11.5. The highest BCUT2D eigenvalue weighted by molar-refractivity contribution is 5.70. The van der Waals surface area contributed by atoms with Crippen molar-refractivity contribution in [2.45, 2.75) is 31.3 Å². The van der Waals surface area contributed by atoms with Crippen LogP contribution in [0.2, 0.25) is 0 Å². The van der Waals surface area contributed by atoms with Crippen LogP contribution in [0.3, 0.4) is 0 Å². The number of methoxy groups -OCH3 is 1. The van der Waals surface area contributed by atoms with Crippen molar-refractivity contribution in [3.05, 3.63) is 18.2 Å². The van der Waals surface area contributed by atoms with Gasteiger partial charge in [0.15, 0.2) is 11.5 Å². The monoisotopic (exact) mass is 264 g/mol. The van der Waals surface area contributed by atoms with E-state index in [0.29, 0.717) is 11.5 Å². The number of ether oxygens (including phenoxy) is 4. The van der Waals surface area contributed by atoms with Crippen molar-refractivity contribution in [1.29, 1.82) is 0 Å². The van der Waals surface area contributed by atoms with Gasteiger partial charge in [0.05, 0.1) is 13.5 Å². The highest BCUT2D eigenvalue weighted by atomic mass is 16.7. The summed E-state index contributed by atoms with van der Waals surface area (Å²) in [5, 5.41) is 0. The van der Waals surface area contributed by atoms with E-state index in [-0.39, 0.29) is 19.2 Å². The van der Waals surface area contributed by atoms with E-state index >= 15 is 0 Å².